The van der Waals surface area contributed by atoms with Crippen molar-refractivity contribution < 1.29 is 0 Å². The fraction of sp³-hybridized carbons (Fsp3) is 0.294. The molecule has 0 aliphatic carbocycles. The van der Waals surface area contributed by atoms with Gasteiger partial charge in [-0.3, -0.25) is 9.98 Å². The van der Waals surface area contributed by atoms with Crippen molar-refractivity contribution in [1.29, 1.82) is 0 Å². The molecule has 1 heterocycles. The van der Waals surface area contributed by atoms with Crippen molar-refractivity contribution in [2.75, 3.05) is 18.9 Å². The van der Waals surface area contributed by atoms with Gasteiger partial charge in [0.1, 0.15) is 5.70 Å². The Hall–Kier alpha value is -2.36. The van der Waals surface area contributed by atoms with E-state index in [0.717, 1.165) is 28.5 Å². The molecule has 4 heteroatoms. The molecule has 4 nitrogen and oxygen atoms in total. The molecule has 112 valence electrons. The second-order valence-electron chi connectivity index (χ2n) is 4.20. The number of anilines is 1. The zero-order valence-corrected chi connectivity index (χ0v) is 13.3. The third-order valence-electron chi connectivity index (χ3n) is 3.03. The van der Waals surface area contributed by atoms with Gasteiger partial charge in [0.05, 0.1) is 6.20 Å². The van der Waals surface area contributed by atoms with Crippen LogP contribution in [0.4, 0.5) is 5.69 Å². The lowest BCUT2D eigenvalue weighted by Crippen LogP contribution is -2.24. The van der Waals surface area contributed by atoms with Crippen LogP contribution in [0.15, 0.2) is 52.7 Å². The molecular formula is C17H24N4. The van der Waals surface area contributed by atoms with Crippen LogP contribution in [-0.2, 0) is 0 Å². The summed E-state index contributed by atoms with van der Waals surface area (Å²) in [4.78, 5) is 10.3. The van der Waals surface area contributed by atoms with E-state index in [0.29, 0.717) is 6.54 Å². The van der Waals surface area contributed by atoms with Crippen molar-refractivity contribution in [1.82, 2.24) is 4.90 Å². The van der Waals surface area contributed by atoms with Crippen LogP contribution < -0.4 is 5.32 Å². The van der Waals surface area contributed by atoms with Gasteiger partial charge in [-0.15, -0.1) is 0 Å². The molecule has 0 spiro atoms. The number of nitrogens with zero attached hydrogens (tertiary/aromatic N) is 3. The third kappa shape index (κ3) is 3.60. The molecule has 0 atom stereocenters. The normalized spacial score (nSPS) is 17.5. The zero-order valence-electron chi connectivity index (χ0n) is 13.3. The fourth-order valence-electron chi connectivity index (χ4n) is 2.03. The first-order chi connectivity index (χ1) is 10.2. The molecule has 0 saturated heterocycles. The number of aliphatic imine (C=N–C) groups is 2. The van der Waals surface area contributed by atoms with Crippen LogP contribution in [0.2, 0.25) is 0 Å². The van der Waals surface area contributed by atoms with Crippen LogP contribution in [0.5, 0.6) is 0 Å². The number of hydrogen-bond acceptors (Lipinski definition) is 3. The van der Waals surface area contributed by atoms with Gasteiger partial charge in [0.15, 0.2) is 5.84 Å². The lowest BCUT2D eigenvalue weighted by Gasteiger charge is -2.21. The number of rotatable bonds is 2. The Morgan fingerprint density at radius 2 is 1.95 bits per heavy atom. The lowest BCUT2D eigenvalue weighted by molar-refractivity contribution is 0.628. The topological polar surface area (TPSA) is 40.0 Å². The molecule has 1 aliphatic heterocycles. The maximum Gasteiger partial charge on any atom is 0.151 e. The van der Waals surface area contributed by atoms with E-state index in [1.807, 2.05) is 57.0 Å². The minimum absolute atomic E-state index is 0.694. The number of likely N-dealkylation sites (N-methyl/N-ethyl adjacent to an activating group) is 1. The molecule has 0 aromatic heterocycles. The molecule has 1 aromatic carbocycles. The van der Waals surface area contributed by atoms with Gasteiger partial charge in [-0.1, -0.05) is 38.6 Å². The van der Waals surface area contributed by atoms with E-state index in [4.69, 9.17) is 0 Å². The highest BCUT2D eigenvalue weighted by Gasteiger charge is 2.22. The maximum absolute atomic E-state index is 4.49. The standard InChI is InChI=1S/C15H18N4.C2H6/c1-5-17-15-14(10-16-3)19(4)11(2)12-8-6-7-9-13(12)18-15;1-2/h6-10H,2-3,5H2,1,4H3,(H,17,18);1-2H3/b14-10+;. The second kappa shape index (κ2) is 8.04. The van der Waals surface area contributed by atoms with Gasteiger partial charge in [-0.2, -0.15) is 0 Å². The second-order valence-corrected chi connectivity index (χ2v) is 4.20. The van der Waals surface area contributed by atoms with E-state index in [-0.39, 0.29) is 0 Å². The smallest absolute Gasteiger partial charge is 0.151 e. The lowest BCUT2D eigenvalue weighted by atomic mass is 10.1. The van der Waals surface area contributed by atoms with E-state index in [1.54, 1.807) is 6.20 Å². The van der Waals surface area contributed by atoms with Crippen LogP contribution in [0.25, 0.3) is 5.70 Å². The summed E-state index contributed by atoms with van der Waals surface area (Å²) in [6.45, 7) is 14.4. The molecule has 1 aliphatic rings. The number of amidine groups is 1. The SMILES string of the molecule is C=N/C=C1\C(=NCC)Nc2ccccc2C(=C)N1C.CC. The summed E-state index contributed by atoms with van der Waals surface area (Å²) >= 11 is 0. The van der Waals surface area contributed by atoms with E-state index in [1.165, 1.54) is 0 Å². The highest BCUT2D eigenvalue weighted by atomic mass is 15.2. The number of nitrogens with one attached hydrogen (secondary N) is 1. The molecule has 0 saturated carbocycles. The van der Waals surface area contributed by atoms with E-state index >= 15 is 0 Å². The summed E-state index contributed by atoms with van der Waals surface area (Å²) in [5, 5.41) is 3.35. The van der Waals surface area contributed by atoms with Crippen molar-refractivity contribution in [3.63, 3.8) is 0 Å². The molecule has 0 radical (unpaired) electrons. The zero-order chi connectivity index (χ0) is 15.8. The Morgan fingerprint density at radius 1 is 1.29 bits per heavy atom. The molecule has 0 amide bonds. The summed E-state index contributed by atoms with van der Waals surface area (Å²) in [6, 6.07) is 8.04. The predicted octanol–water partition coefficient (Wildman–Crippen LogP) is 4.00. The molecule has 2 rings (SSSR count). The minimum atomic E-state index is 0.694. The Kier molecular flexibility index (Phi) is 6.40. The van der Waals surface area contributed by atoms with E-state index in [2.05, 4.69) is 28.6 Å². The number of hydrogen-bond donors (Lipinski definition) is 1. The summed E-state index contributed by atoms with van der Waals surface area (Å²) in [5.74, 6) is 0.781. The Balaban J connectivity index is 0.00000106. The molecule has 1 aromatic rings. The van der Waals surface area contributed by atoms with Crippen molar-refractivity contribution in [2.24, 2.45) is 9.98 Å². The summed E-state index contributed by atoms with van der Waals surface area (Å²) in [5.41, 5.74) is 3.82. The average molecular weight is 284 g/mol. The first-order valence-electron chi connectivity index (χ1n) is 7.19. The van der Waals surface area contributed by atoms with Gasteiger partial charge in [-0.25, -0.2) is 0 Å². The fourth-order valence-corrected chi connectivity index (χ4v) is 2.03. The molecule has 0 bridgehead atoms. The van der Waals surface area contributed by atoms with Crippen molar-refractivity contribution >= 4 is 23.9 Å². The van der Waals surface area contributed by atoms with Gasteiger partial charge < -0.3 is 10.2 Å². The number of benzene rings is 1. The average Bonchev–Trinajstić information content (AvgIpc) is 2.61. The van der Waals surface area contributed by atoms with Gasteiger partial charge in [0.25, 0.3) is 0 Å². The van der Waals surface area contributed by atoms with Crippen LogP contribution in [0.1, 0.15) is 26.3 Å². The predicted molar refractivity (Wildman–Crippen MR) is 93.8 cm³/mol. The van der Waals surface area contributed by atoms with E-state index < -0.39 is 0 Å². The highest BCUT2D eigenvalue weighted by Crippen LogP contribution is 2.31. The first kappa shape index (κ1) is 16.7. The van der Waals surface area contributed by atoms with Crippen LogP contribution in [-0.4, -0.2) is 31.0 Å². The van der Waals surface area contributed by atoms with Crippen molar-refractivity contribution in [3.8, 4) is 0 Å². The number of fused-ring (bicyclic) bond motifs is 1. The van der Waals surface area contributed by atoms with Gasteiger partial charge in [-0.05, 0) is 19.7 Å². The molecule has 0 fully saturated rings. The summed E-state index contributed by atoms with van der Waals surface area (Å²) in [7, 11) is 1.95. The van der Waals surface area contributed by atoms with Crippen molar-refractivity contribution in [3.05, 3.63) is 48.3 Å². The quantitative estimate of drug-likeness (QED) is 0.834. The number of para-hydroxylation sites is 1. The summed E-state index contributed by atoms with van der Waals surface area (Å²) < 4.78 is 0. The Bertz CT molecular complexity index is 570. The highest BCUT2D eigenvalue weighted by molar-refractivity contribution is 6.11. The third-order valence-corrected chi connectivity index (χ3v) is 3.03. The molecule has 21 heavy (non-hydrogen) atoms. The minimum Gasteiger partial charge on any atom is -0.340 e. The Labute approximate surface area is 127 Å². The van der Waals surface area contributed by atoms with Gasteiger partial charge >= 0.3 is 0 Å². The van der Waals surface area contributed by atoms with Crippen LogP contribution >= 0.6 is 0 Å². The van der Waals surface area contributed by atoms with Gasteiger partial charge in [0.2, 0.25) is 0 Å². The van der Waals surface area contributed by atoms with E-state index in [9.17, 15) is 0 Å². The first-order valence-corrected chi connectivity index (χ1v) is 7.19. The van der Waals surface area contributed by atoms with Crippen LogP contribution in [0, 0.1) is 0 Å². The summed E-state index contributed by atoms with van der Waals surface area (Å²) in [6.07, 6.45) is 1.69. The van der Waals surface area contributed by atoms with Crippen molar-refractivity contribution in [2.45, 2.75) is 20.8 Å². The van der Waals surface area contributed by atoms with Gasteiger partial charge in [0, 0.05) is 30.5 Å². The molecule has 0 unspecified atom stereocenters. The monoisotopic (exact) mass is 284 g/mol. The maximum atomic E-state index is 4.49. The van der Waals surface area contributed by atoms with Crippen LogP contribution in [0.3, 0.4) is 0 Å². The molecule has 1 N–H and O–H groups in total. The molecular weight excluding hydrogens is 260 g/mol. The largest absolute Gasteiger partial charge is 0.340 e. The Morgan fingerprint density at radius 3 is 2.57 bits per heavy atom.